The molecule has 1 heterocycles. The lowest BCUT2D eigenvalue weighted by Gasteiger charge is -2.01. The first-order valence-corrected chi connectivity index (χ1v) is 7.34. The van der Waals surface area contributed by atoms with Gasteiger partial charge in [0.1, 0.15) is 0 Å². The second-order valence-corrected chi connectivity index (χ2v) is 5.88. The first kappa shape index (κ1) is 13.6. The van der Waals surface area contributed by atoms with Gasteiger partial charge in [-0.3, -0.25) is 4.79 Å². The van der Waals surface area contributed by atoms with E-state index in [4.69, 9.17) is 11.6 Å². The number of Topliss-reactive ketones (excluding diaryl/α,β-unsaturated/α-hetero) is 1. The standard InChI is InChI=1S/C13H9BrClNOS/c14-10-3-6-13(16-7-10)18-8-12(17)9-1-4-11(15)5-2-9/h1-7H,8H2. The van der Waals surface area contributed by atoms with Gasteiger partial charge in [0.25, 0.3) is 0 Å². The van der Waals surface area contributed by atoms with E-state index in [0.29, 0.717) is 16.3 Å². The predicted molar refractivity (Wildman–Crippen MR) is 78.4 cm³/mol. The van der Waals surface area contributed by atoms with Gasteiger partial charge in [0.05, 0.1) is 10.8 Å². The Labute approximate surface area is 123 Å². The van der Waals surface area contributed by atoms with Crippen LogP contribution in [0.15, 0.2) is 52.1 Å². The Hall–Kier alpha value is -0.840. The van der Waals surface area contributed by atoms with Crippen LogP contribution in [-0.2, 0) is 0 Å². The van der Waals surface area contributed by atoms with E-state index >= 15 is 0 Å². The lowest BCUT2D eigenvalue weighted by atomic mass is 10.1. The molecule has 0 aliphatic carbocycles. The van der Waals surface area contributed by atoms with E-state index < -0.39 is 0 Å². The van der Waals surface area contributed by atoms with Crippen molar-refractivity contribution < 1.29 is 4.79 Å². The van der Waals surface area contributed by atoms with Crippen LogP contribution in [0.5, 0.6) is 0 Å². The number of aromatic nitrogens is 1. The maximum atomic E-state index is 11.9. The predicted octanol–water partition coefficient (Wildman–Crippen LogP) is 4.47. The molecule has 1 aromatic carbocycles. The third-order valence-electron chi connectivity index (χ3n) is 2.22. The van der Waals surface area contributed by atoms with Crippen LogP contribution in [0.2, 0.25) is 5.02 Å². The minimum absolute atomic E-state index is 0.0707. The largest absolute Gasteiger partial charge is 0.293 e. The summed E-state index contributed by atoms with van der Waals surface area (Å²) in [7, 11) is 0. The van der Waals surface area contributed by atoms with Crippen molar-refractivity contribution in [2.24, 2.45) is 0 Å². The van der Waals surface area contributed by atoms with Gasteiger partial charge in [-0.25, -0.2) is 4.98 Å². The van der Waals surface area contributed by atoms with Crippen molar-refractivity contribution in [2.75, 3.05) is 5.75 Å². The molecular weight excluding hydrogens is 334 g/mol. The van der Waals surface area contributed by atoms with Gasteiger partial charge in [0.2, 0.25) is 0 Å². The van der Waals surface area contributed by atoms with Crippen LogP contribution in [0, 0.1) is 0 Å². The highest BCUT2D eigenvalue weighted by molar-refractivity contribution is 9.10. The Morgan fingerprint density at radius 2 is 1.94 bits per heavy atom. The second kappa shape index (κ2) is 6.36. The Morgan fingerprint density at radius 3 is 2.56 bits per heavy atom. The van der Waals surface area contributed by atoms with Gasteiger partial charge in [-0.1, -0.05) is 23.4 Å². The third-order valence-corrected chi connectivity index (χ3v) is 3.88. The fraction of sp³-hybridized carbons (Fsp3) is 0.0769. The molecule has 0 N–H and O–H groups in total. The Kier molecular flexibility index (Phi) is 4.80. The van der Waals surface area contributed by atoms with Crippen LogP contribution in [0.25, 0.3) is 0 Å². The fourth-order valence-electron chi connectivity index (χ4n) is 1.31. The molecule has 0 saturated carbocycles. The Balaban J connectivity index is 1.96. The highest BCUT2D eigenvalue weighted by Crippen LogP contribution is 2.19. The summed E-state index contributed by atoms with van der Waals surface area (Å²) in [6, 6.07) is 10.7. The first-order valence-electron chi connectivity index (χ1n) is 5.18. The second-order valence-electron chi connectivity index (χ2n) is 3.53. The topological polar surface area (TPSA) is 30.0 Å². The average molecular weight is 343 g/mol. The van der Waals surface area contributed by atoms with Crippen molar-refractivity contribution in [2.45, 2.75) is 5.03 Å². The summed E-state index contributed by atoms with van der Waals surface area (Å²) in [6.45, 7) is 0. The number of ketones is 1. The van der Waals surface area contributed by atoms with E-state index in [9.17, 15) is 4.79 Å². The number of hydrogen-bond donors (Lipinski definition) is 0. The molecule has 0 aliphatic rings. The van der Waals surface area contributed by atoms with Crippen LogP contribution >= 0.6 is 39.3 Å². The molecule has 2 aromatic rings. The zero-order valence-corrected chi connectivity index (χ0v) is 12.4. The van der Waals surface area contributed by atoms with Crippen molar-refractivity contribution in [1.29, 1.82) is 0 Å². The Morgan fingerprint density at radius 1 is 1.22 bits per heavy atom. The zero-order chi connectivity index (χ0) is 13.0. The lowest BCUT2D eigenvalue weighted by molar-refractivity contribution is 0.102. The van der Waals surface area contributed by atoms with Gasteiger partial charge < -0.3 is 0 Å². The van der Waals surface area contributed by atoms with E-state index in [1.54, 1.807) is 30.5 Å². The molecule has 0 unspecified atom stereocenters. The summed E-state index contributed by atoms with van der Waals surface area (Å²) in [5, 5.41) is 1.47. The number of carbonyl (C=O) groups excluding carboxylic acids is 1. The van der Waals surface area contributed by atoms with Gasteiger partial charge in [0, 0.05) is 21.3 Å². The van der Waals surface area contributed by atoms with Crippen molar-refractivity contribution in [3.8, 4) is 0 Å². The maximum absolute atomic E-state index is 11.9. The average Bonchev–Trinajstić information content (AvgIpc) is 2.38. The number of hydrogen-bond acceptors (Lipinski definition) is 3. The minimum atomic E-state index is 0.0707. The minimum Gasteiger partial charge on any atom is -0.293 e. The monoisotopic (exact) mass is 341 g/mol. The molecule has 0 saturated heterocycles. The number of carbonyl (C=O) groups is 1. The smallest absolute Gasteiger partial charge is 0.173 e. The molecular formula is C13H9BrClNOS. The van der Waals surface area contributed by atoms with Crippen LogP contribution in [0.3, 0.4) is 0 Å². The molecule has 18 heavy (non-hydrogen) atoms. The van der Waals surface area contributed by atoms with Gasteiger partial charge in [-0.15, -0.1) is 0 Å². The summed E-state index contributed by atoms with van der Waals surface area (Å²) in [5.41, 5.74) is 0.670. The van der Waals surface area contributed by atoms with Gasteiger partial charge in [0.15, 0.2) is 5.78 Å². The Bertz CT molecular complexity index is 542. The van der Waals surface area contributed by atoms with Crippen molar-refractivity contribution >= 4 is 45.1 Å². The molecule has 0 spiro atoms. The third kappa shape index (κ3) is 3.83. The lowest BCUT2D eigenvalue weighted by Crippen LogP contribution is -2.02. The molecule has 0 aliphatic heterocycles. The highest BCUT2D eigenvalue weighted by Gasteiger charge is 2.07. The number of nitrogens with zero attached hydrogens (tertiary/aromatic N) is 1. The molecule has 0 atom stereocenters. The zero-order valence-electron chi connectivity index (χ0n) is 9.27. The SMILES string of the molecule is O=C(CSc1ccc(Br)cn1)c1ccc(Cl)cc1. The fourth-order valence-corrected chi connectivity index (χ4v) is 2.40. The number of halogens is 2. The molecule has 0 fully saturated rings. The van der Waals surface area contributed by atoms with Gasteiger partial charge in [-0.05, 0) is 52.3 Å². The van der Waals surface area contributed by atoms with Crippen molar-refractivity contribution in [1.82, 2.24) is 4.98 Å². The number of thioether (sulfide) groups is 1. The van der Waals surface area contributed by atoms with E-state index in [-0.39, 0.29) is 5.78 Å². The molecule has 2 nitrogen and oxygen atoms in total. The van der Waals surface area contributed by atoms with E-state index in [0.717, 1.165) is 9.50 Å². The van der Waals surface area contributed by atoms with Crippen LogP contribution < -0.4 is 0 Å². The van der Waals surface area contributed by atoms with Gasteiger partial charge >= 0.3 is 0 Å². The molecule has 0 radical (unpaired) electrons. The number of rotatable bonds is 4. The van der Waals surface area contributed by atoms with Crippen LogP contribution in [0.1, 0.15) is 10.4 Å². The maximum Gasteiger partial charge on any atom is 0.173 e. The van der Waals surface area contributed by atoms with E-state index in [1.807, 2.05) is 12.1 Å². The summed E-state index contributed by atoms with van der Waals surface area (Å²) in [4.78, 5) is 16.1. The molecule has 1 aromatic heterocycles. The van der Waals surface area contributed by atoms with Crippen molar-refractivity contribution in [3.05, 3.63) is 57.7 Å². The van der Waals surface area contributed by atoms with Crippen LogP contribution in [-0.4, -0.2) is 16.5 Å². The molecule has 92 valence electrons. The summed E-state index contributed by atoms with van der Waals surface area (Å²) >= 11 is 10.5. The number of pyridine rings is 1. The summed E-state index contributed by atoms with van der Waals surface area (Å²) in [5.74, 6) is 0.442. The summed E-state index contributed by atoms with van der Waals surface area (Å²) in [6.07, 6.45) is 1.72. The van der Waals surface area contributed by atoms with Crippen LogP contribution in [0.4, 0.5) is 0 Å². The van der Waals surface area contributed by atoms with E-state index in [2.05, 4.69) is 20.9 Å². The quantitative estimate of drug-likeness (QED) is 0.606. The summed E-state index contributed by atoms with van der Waals surface area (Å²) < 4.78 is 0.927. The van der Waals surface area contributed by atoms with E-state index in [1.165, 1.54) is 11.8 Å². The van der Waals surface area contributed by atoms with Gasteiger partial charge in [-0.2, -0.15) is 0 Å². The number of benzene rings is 1. The molecule has 0 bridgehead atoms. The van der Waals surface area contributed by atoms with Crippen molar-refractivity contribution in [3.63, 3.8) is 0 Å². The molecule has 5 heteroatoms. The molecule has 2 rings (SSSR count). The molecule has 0 amide bonds. The first-order chi connectivity index (χ1) is 8.65. The highest BCUT2D eigenvalue weighted by atomic mass is 79.9. The normalized spacial score (nSPS) is 10.3.